The second-order valence-corrected chi connectivity index (χ2v) is 7.54. The predicted octanol–water partition coefficient (Wildman–Crippen LogP) is 4.70. The highest BCUT2D eigenvalue weighted by molar-refractivity contribution is 8.00. The van der Waals surface area contributed by atoms with E-state index in [4.69, 9.17) is 0 Å². The third-order valence-corrected chi connectivity index (χ3v) is 5.27. The van der Waals surface area contributed by atoms with E-state index >= 15 is 0 Å². The molecule has 0 aromatic heterocycles. The summed E-state index contributed by atoms with van der Waals surface area (Å²) in [5, 5.41) is 3.23. The van der Waals surface area contributed by atoms with Gasteiger partial charge in [-0.3, -0.25) is 4.79 Å². The van der Waals surface area contributed by atoms with Crippen molar-refractivity contribution in [3.8, 4) is 0 Å². The van der Waals surface area contributed by atoms with Crippen molar-refractivity contribution in [1.29, 1.82) is 0 Å². The standard InChI is InChI=1S/C18H27NOS/c1-14-10-12-17(13-11-14)21-15(2)18(20)19-16-8-6-4-3-5-7-9-16/h10-13,15-16H,3-9H2,1-2H3,(H,19,20)/t15-/m0/s1. The summed E-state index contributed by atoms with van der Waals surface area (Å²) in [5.41, 5.74) is 1.26. The summed E-state index contributed by atoms with van der Waals surface area (Å²) in [7, 11) is 0. The number of hydrogen-bond acceptors (Lipinski definition) is 2. The number of aryl methyl sites for hydroxylation is 1. The zero-order chi connectivity index (χ0) is 15.1. The molecular formula is C18H27NOS. The largest absolute Gasteiger partial charge is 0.352 e. The molecule has 1 aliphatic rings. The van der Waals surface area contributed by atoms with E-state index in [9.17, 15) is 4.79 Å². The van der Waals surface area contributed by atoms with Gasteiger partial charge in [-0.1, -0.05) is 49.8 Å². The lowest BCUT2D eigenvalue weighted by atomic mass is 9.97. The van der Waals surface area contributed by atoms with Crippen LogP contribution in [0.2, 0.25) is 0 Å². The molecule has 2 rings (SSSR count). The second kappa shape index (κ2) is 8.47. The van der Waals surface area contributed by atoms with Gasteiger partial charge in [-0.15, -0.1) is 11.8 Å². The molecule has 116 valence electrons. The molecule has 0 heterocycles. The fourth-order valence-corrected chi connectivity index (χ4v) is 3.67. The van der Waals surface area contributed by atoms with Crippen LogP contribution in [-0.2, 0) is 4.79 Å². The van der Waals surface area contributed by atoms with Crippen LogP contribution in [0.25, 0.3) is 0 Å². The van der Waals surface area contributed by atoms with E-state index in [0.717, 1.165) is 12.8 Å². The van der Waals surface area contributed by atoms with Crippen molar-refractivity contribution in [3.05, 3.63) is 29.8 Å². The van der Waals surface area contributed by atoms with Gasteiger partial charge >= 0.3 is 0 Å². The zero-order valence-electron chi connectivity index (χ0n) is 13.2. The first-order valence-corrected chi connectivity index (χ1v) is 9.07. The third-order valence-electron chi connectivity index (χ3n) is 4.15. The van der Waals surface area contributed by atoms with Crippen molar-refractivity contribution in [2.45, 2.75) is 75.0 Å². The average molecular weight is 305 g/mol. The summed E-state index contributed by atoms with van der Waals surface area (Å²) in [6.07, 6.45) is 8.80. The Balaban J connectivity index is 1.82. The maximum absolute atomic E-state index is 12.3. The van der Waals surface area contributed by atoms with E-state index in [0.29, 0.717) is 6.04 Å². The van der Waals surface area contributed by atoms with Gasteiger partial charge in [-0.05, 0) is 38.8 Å². The van der Waals surface area contributed by atoms with Crippen molar-refractivity contribution >= 4 is 17.7 Å². The molecule has 1 aliphatic carbocycles. The molecule has 0 saturated heterocycles. The van der Waals surface area contributed by atoms with Crippen LogP contribution in [0, 0.1) is 6.92 Å². The Morgan fingerprint density at radius 1 is 1.10 bits per heavy atom. The molecule has 1 aromatic rings. The molecule has 0 unspecified atom stereocenters. The smallest absolute Gasteiger partial charge is 0.233 e. The summed E-state index contributed by atoms with van der Waals surface area (Å²) >= 11 is 1.65. The van der Waals surface area contributed by atoms with Crippen LogP contribution in [0.4, 0.5) is 0 Å². The fraction of sp³-hybridized carbons (Fsp3) is 0.611. The summed E-state index contributed by atoms with van der Waals surface area (Å²) in [6.45, 7) is 4.09. The molecular weight excluding hydrogens is 278 g/mol. The number of hydrogen-bond donors (Lipinski definition) is 1. The zero-order valence-corrected chi connectivity index (χ0v) is 14.0. The molecule has 1 atom stereocenters. The number of carbonyl (C=O) groups is 1. The van der Waals surface area contributed by atoms with Gasteiger partial charge < -0.3 is 5.32 Å². The molecule has 1 amide bonds. The fourth-order valence-electron chi connectivity index (χ4n) is 2.79. The molecule has 2 nitrogen and oxygen atoms in total. The van der Waals surface area contributed by atoms with Gasteiger partial charge in [0.1, 0.15) is 0 Å². The second-order valence-electron chi connectivity index (χ2n) is 6.12. The monoisotopic (exact) mass is 305 g/mol. The molecule has 3 heteroatoms. The van der Waals surface area contributed by atoms with Crippen LogP contribution >= 0.6 is 11.8 Å². The first kappa shape index (κ1) is 16.4. The molecule has 1 fully saturated rings. The Labute approximate surface area is 133 Å². The number of nitrogens with one attached hydrogen (secondary N) is 1. The summed E-state index contributed by atoms with van der Waals surface area (Å²) in [6, 6.07) is 8.78. The molecule has 1 N–H and O–H groups in total. The molecule has 0 aliphatic heterocycles. The maximum atomic E-state index is 12.3. The van der Waals surface area contributed by atoms with Crippen molar-refractivity contribution < 1.29 is 4.79 Å². The minimum atomic E-state index is -0.0295. The molecule has 21 heavy (non-hydrogen) atoms. The van der Waals surface area contributed by atoms with Crippen molar-refractivity contribution in [2.24, 2.45) is 0 Å². The quantitative estimate of drug-likeness (QED) is 0.817. The average Bonchev–Trinajstić information content (AvgIpc) is 2.44. The maximum Gasteiger partial charge on any atom is 0.233 e. The van der Waals surface area contributed by atoms with Gasteiger partial charge in [0.05, 0.1) is 5.25 Å². The van der Waals surface area contributed by atoms with Crippen LogP contribution in [0.5, 0.6) is 0 Å². The SMILES string of the molecule is Cc1ccc(S[C@@H](C)C(=O)NC2CCCCCCC2)cc1. The minimum absolute atomic E-state index is 0.0295. The Bertz CT molecular complexity index is 435. The van der Waals surface area contributed by atoms with Gasteiger partial charge in [-0.25, -0.2) is 0 Å². The topological polar surface area (TPSA) is 29.1 Å². The minimum Gasteiger partial charge on any atom is -0.352 e. The number of thioether (sulfide) groups is 1. The van der Waals surface area contributed by atoms with Gasteiger partial charge in [0.25, 0.3) is 0 Å². The van der Waals surface area contributed by atoms with Gasteiger partial charge in [0.15, 0.2) is 0 Å². The predicted molar refractivity (Wildman–Crippen MR) is 90.7 cm³/mol. The third kappa shape index (κ3) is 5.74. The number of benzene rings is 1. The Morgan fingerprint density at radius 2 is 1.67 bits per heavy atom. The Hall–Kier alpha value is -0.960. The van der Waals surface area contributed by atoms with E-state index in [-0.39, 0.29) is 11.2 Å². The van der Waals surface area contributed by atoms with Crippen LogP contribution in [-0.4, -0.2) is 17.2 Å². The lowest BCUT2D eigenvalue weighted by molar-refractivity contribution is -0.121. The first-order chi connectivity index (χ1) is 10.1. The van der Waals surface area contributed by atoms with E-state index in [2.05, 4.69) is 36.5 Å². The summed E-state index contributed by atoms with van der Waals surface area (Å²) in [4.78, 5) is 13.5. The number of rotatable bonds is 4. The van der Waals surface area contributed by atoms with Crippen LogP contribution in [0.1, 0.15) is 57.4 Å². The molecule has 0 radical (unpaired) electrons. The van der Waals surface area contributed by atoms with Crippen molar-refractivity contribution in [2.75, 3.05) is 0 Å². The lowest BCUT2D eigenvalue weighted by Crippen LogP contribution is -2.39. The van der Waals surface area contributed by atoms with Crippen LogP contribution in [0.3, 0.4) is 0 Å². The highest BCUT2D eigenvalue weighted by atomic mass is 32.2. The van der Waals surface area contributed by atoms with Gasteiger partial charge in [0, 0.05) is 10.9 Å². The van der Waals surface area contributed by atoms with E-state index in [1.54, 1.807) is 11.8 Å². The molecule has 1 saturated carbocycles. The summed E-state index contributed by atoms with van der Waals surface area (Å²) in [5.74, 6) is 0.186. The first-order valence-electron chi connectivity index (χ1n) is 8.19. The molecule has 0 bridgehead atoms. The van der Waals surface area contributed by atoms with Crippen LogP contribution < -0.4 is 5.32 Å². The molecule has 1 aromatic carbocycles. The lowest BCUT2D eigenvalue weighted by Gasteiger charge is -2.22. The van der Waals surface area contributed by atoms with E-state index in [1.165, 1.54) is 42.6 Å². The normalized spacial score (nSPS) is 18.6. The number of amides is 1. The highest BCUT2D eigenvalue weighted by Gasteiger charge is 2.19. The van der Waals surface area contributed by atoms with E-state index in [1.807, 2.05) is 6.92 Å². The summed E-state index contributed by atoms with van der Waals surface area (Å²) < 4.78 is 0. The van der Waals surface area contributed by atoms with Crippen LogP contribution in [0.15, 0.2) is 29.2 Å². The van der Waals surface area contributed by atoms with Gasteiger partial charge in [-0.2, -0.15) is 0 Å². The van der Waals surface area contributed by atoms with Crippen molar-refractivity contribution in [1.82, 2.24) is 5.32 Å². The Kier molecular flexibility index (Phi) is 6.62. The highest BCUT2D eigenvalue weighted by Crippen LogP contribution is 2.24. The van der Waals surface area contributed by atoms with Gasteiger partial charge in [0.2, 0.25) is 5.91 Å². The Morgan fingerprint density at radius 3 is 2.29 bits per heavy atom. The number of carbonyl (C=O) groups excluding carboxylic acids is 1. The van der Waals surface area contributed by atoms with E-state index < -0.39 is 0 Å². The molecule has 0 spiro atoms. The van der Waals surface area contributed by atoms with Crippen molar-refractivity contribution in [3.63, 3.8) is 0 Å².